The standard InChI is InChI=1S/C12H20N2O3S/c1-9-12(10(2)14(3)13-9)6-5-11(15)7-8-18(4,16)17/h5-8H2,1-4H3. The maximum Gasteiger partial charge on any atom is 0.147 e. The summed E-state index contributed by atoms with van der Waals surface area (Å²) in [5.74, 6) is -0.0697. The molecule has 0 atom stereocenters. The molecule has 0 fully saturated rings. The first-order valence-corrected chi connectivity index (χ1v) is 7.95. The van der Waals surface area contributed by atoms with Crippen LogP contribution in [0, 0.1) is 13.8 Å². The lowest BCUT2D eigenvalue weighted by molar-refractivity contribution is -0.118. The predicted molar refractivity (Wildman–Crippen MR) is 70.3 cm³/mol. The van der Waals surface area contributed by atoms with E-state index in [1.165, 1.54) is 0 Å². The minimum absolute atomic E-state index is 0.0110. The largest absolute Gasteiger partial charge is 0.300 e. The second kappa shape index (κ2) is 5.65. The van der Waals surface area contributed by atoms with Crippen molar-refractivity contribution in [3.63, 3.8) is 0 Å². The van der Waals surface area contributed by atoms with Gasteiger partial charge in [0.25, 0.3) is 0 Å². The number of nitrogens with zero attached hydrogens (tertiary/aromatic N) is 2. The van der Waals surface area contributed by atoms with E-state index in [1.807, 2.05) is 20.9 Å². The molecule has 0 aliphatic rings. The van der Waals surface area contributed by atoms with E-state index < -0.39 is 9.84 Å². The molecule has 0 N–H and O–H groups in total. The monoisotopic (exact) mass is 272 g/mol. The Kier molecular flexibility index (Phi) is 4.67. The highest BCUT2D eigenvalue weighted by Gasteiger charge is 2.12. The van der Waals surface area contributed by atoms with E-state index >= 15 is 0 Å². The maximum atomic E-state index is 11.6. The van der Waals surface area contributed by atoms with Gasteiger partial charge in [0.2, 0.25) is 0 Å². The molecule has 1 heterocycles. The van der Waals surface area contributed by atoms with E-state index in [-0.39, 0.29) is 18.0 Å². The third-order valence-corrected chi connectivity index (χ3v) is 4.01. The zero-order valence-electron chi connectivity index (χ0n) is 11.4. The van der Waals surface area contributed by atoms with E-state index in [0.29, 0.717) is 12.8 Å². The molecule has 1 aromatic heterocycles. The summed E-state index contributed by atoms with van der Waals surface area (Å²) in [4.78, 5) is 11.6. The number of Topliss-reactive ketones (excluding diaryl/α,β-unsaturated/α-hetero) is 1. The molecular weight excluding hydrogens is 252 g/mol. The van der Waals surface area contributed by atoms with Gasteiger partial charge in [0.15, 0.2) is 0 Å². The van der Waals surface area contributed by atoms with E-state index in [4.69, 9.17) is 0 Å². The van der Waals surface area contributed by atoms with Crippen LogP contribution in [0.5, 0.6) is 0 Å². The molecule has 102 valence electrons. The Bertz CT molecular complexity index is 544. The fraction of sp³-hybridized carbons (Fsp3) is 0.667. The molecule has 5 nitrogen and oxygen atoms in total. The van der Waals surface area contributed by atoms with Crippen molar-refractivity contribution in [2.45, 2.75) is 33.1 Å². The normalized spacial score (nSPS) is 11.8. The number of carbonyl (C=O) groups is 1. The van der Waals surface area contributed by atoms with Crippen LogP contribution in [0.1, 0.15) is 29.8 Å². The molecule has 0 spiro atoms. The quantitative estimate of drug-likeness (QED) is 0.774. The molecule has 0 saturated heterocycles. The van der Waals surface area contributed by atoms with Gasteiger partial charge in [-0.2, -0.15) is 5.10 Å². The molecule has 6 heteroatoms. The van der Waals surface area contributed by atoms with Gasteiger partial charge in [-0.3, -0.25) is 9.48 Å². The van der Waals surface area contributed by atoms with Gasteiger partial charge in [0.05, 0.1) is 11.4 Å². The van der Waals surface area contributed by atoms with Crippen molar-refractivity contribution in [1.29, 1.82) is 0 Å². The van der Waals surface area contributed by atoms with Gasteiger partial charge in [-0.1, -0.05) is 0 Å². The Balaban J connectivity index is 2.53. The van der Waals surface area contributed by atoms with Crippen LogP contribution in [0.4, 0.5) is 0 Å². The molecule has 0 radical (unpaired) electrons. The summed E-state index contributed by atoms with van der Waals surface area (Å²) < 4.78 is 23.7. The van der Waals surface area contributed by atoms with Gasteiger partial charge in [0.1, 0.15) is 15.6 Å². The lowest BCUT2D eigenvalue weighted by atomic mass is 10.1. The van der Waals surface area contributed by atoms with E-state index in [9.17, 15) is 13.2 Å². The fourth-order valence-corrected chi connectivity index (χ4v) is 2.47. The molecule has 0 aromatic carbocycles. The molecule has 0 saturated carbocycles. The smallest absolute Gasteiger partial charge is 0.147 e. The Morgan fingerprint density at radius 1 is 1.28 bits per heavy atom. The lowest BCUT2D eigenvalue weighted by Gasteiger charge is -2.02. The summed E-state index contributed by atoms with van der Waals surface area (Å²) >= 11 is 0. The number of ketones is 1. The van der Waals surface area contributed by atoms with Gasteiger partial charge in [-0.15, -0.1) is 0 Å². The van der Waals surface area contributed by atoms with Gasteiger partial charge >= 0.3 is 0 Å². The summed E-state index contributed by atoms with van der Waals surface area (Å²) in [6.07, 6.45) is 2.27. The second-order valence-corrected chi connectivity index (χ2v) is 6.95. The van der Waals surface area contributed by atoms with Crippen LogP contribution in [0.3, 0.4) is 0 Å². The van der Waals surface area contributed by atoms with Crippen LogP contribution in [0.25, 0.3) is 0 Å². The number of sulfone groups is 1. The zero-order chi connectivity index (χ0) is 13.9. The first kappa shape index (κ1) is 14.9. The fourth-order valence-electron chi connectivity index (χ4n) is 1.87. The highest BCUT2D eigenvalue weighted by Crippen LogP contribution is 2.14. The predicted octanol–water partition coefficient (Wildman–Crippen LogP) is 0.973. The van der Waals surface area contributed by atoms with Crippen molar-refractivity contribution in [2.24, 2.45) is 7.05 Å². The molecule has 1 rings (SSSR count). The molecule has 18 heavy (non-hydrogen) atoms. The van der Waals surface area contributed by atoms with Crippen LogP contribution in [0.15, 0.2) is 0 Å². The first-order valence-electron chi connectivity index (χ1n) is 5.89. The van der Waals surface area contributed by atoms with Crippen molar-refractivity contribution >= 4 is 15.6 Å². The van der Waals surface area contributed by atoms with Crippen molar-refractivity contribution in [2.75, 3.05) is 12.0 Å². The molecule has 0 bridgehead atoms. The van der Waals surface area contributed by atoms with E-state index in [1.54, 1.807) is 4.68 Å². The topological polar surface area (TPSA) is 69.0 Å². The summed E-state index contributed by atoms with van der Waals surface area (Å²) in [5, 5.41) is 4.28. The van der Waals surface area contributed by atoms with Crippen molar-refractivity contribution in [1.82, 2.24) is 9.78 Å². The summed E-state index contributed by atoms with van der Waals surface area (Å²) in [7, 11) is -1.18. The number of hydrogen-bond donors (Lipinski definition) is 0. The highest BCUT2D eigenvalue weighted by molar-refractivity contribution is 7.90. The second-order valence-electron chi connectivity index (χ2n) is 4.69. The molecule has 0 unspecified atom stereocenters. The summed E-state index contributed by atoms with van der Waals surface area (Å²) in [6, 6.07) is 0. The number of aromatic nitrogens is 2. The Morgan fingerprint density at radius 2 is 1.89 bits per heavy atom. The molecular formula is C12H20N2O3S. The summed E-state index contributed by atoms with van der Waals surface area (Å²) in [5.41, 5.74) is 3.08. The average molecular weight is 272 g/mol. The van der Waals surface area contributed by atoms with E-state index in [2.05, 4.69) is 5.10 Å². The Hall–Kier alpha value is -1.17. The van der Waals surface area contributed by atoms with Crippen molar-refractivity contribution < 1.29 is 13.2 Å². The van der Waals surface area contributed by atoms with Crippen LogP contribution in [-0.4, -0.2) is 36.0 Å². The number of aryl methyl sites for hydroxylation is 2. The molecule has 1 aromatic rings. The van der Waals surface area contributed by atoms with Gasteiger partial charge < -0.3 is 0 Å². The van der Waals surface area contributed by atoms with Crippen molar-refractivity contribution in [3.05, 3.63) is 17.0 Å². The zero-order valence-corrected chi connectivity index (χ0v) is 12.2. The number of hydrogen-bond acceptors (Lipinski definition) is 4. The SMILES string of the molecule is Cc1nn(C)c(C)c1CCC(=O)CCS(C)(=O)=O. The minimum atomic E-state index is -3.05. The van der Waals surface area contributed by atoms with E-state index in [0.717, 1.165) is 23.2 Å². The maximum absolute atomic E-state index is 11.6. The van der Waals surface area contributed by atoms with Crippen LogP contribution in [0.2, 0.25) is 0 Å². The highest BCUT2D eigenvalue weighted by atomic mass is 32.2. The van der Waals surface area contributed by atoms with Gasteiger partial charge in [-0.05, 0) is 25.8 Å². The van der Waals surface area contributed by atoms with Crippen LogP contribution < -0.4 is 0 Å². The third-order valence-electron chi connectivity index (χ3n) is 3.06. The minimum Gasteiger partial charge on any atom is -0.300 e. The van der Waals surface area contributed by atoms with Gasteiger partial charge in [0, 0.05) is 31.8 Å². The number of carbonyl (C=O) groups excluding carboxylic acids is 1. The molecule has 0 amide bonds. The van der Waals surface area contributed by atoms with Gasteiger partial charge in [-0.25, -0.2) is 8.42 Å². The first-order chi connectivity index (χ1) is 8.20. The Labute approximate surface area is 108 Å². The molecule has 0 aliphatic carbocycles. The van der Waals surface area contributed by atoms with Crippen LogP contribution >= 0.6 is 0 Å². The van der Waals surface area contributed by atoms with Crippen molar-refractivity contribution in [3.8, 4) is 0 Å². The average Bonchev–Trinajstić information content (AvgIpc) is 2.47. The Morgan fingerprint density at radius 3 is 2.33 bits per heavy atom. The number of rotatable bonds is 6. The lowest BCUT2D eigenvalue weighted by Crippen LogP contribution is -2.10. The van der Waals surface area contributed by atoms with Crippen LogP contribution in [-0.2, 0) is 28.1 Å². The third kappa shape index (κ3) is 4.25. The summed E-state index contributed by atoms with van der Waals surface area (Å²) in [6.45, 7) is 3.89. The molecule has 0 aliphatic heterocycles.